The maximum absolute atomic E-state index is 16.3. The number of esters is 4. The average molecular weight is 1200 g/mol. The Morgan fingerprint density at radius 2 is 1.44 bits per heavy atom. The van der Waals surface area contributed by atoms with Crippen molar-refractivity contribution in [3.8, 4) is 28.2 Å². The maximum atomic E-state index is 16.3. The number of aliphatic hydroxyl groups is 1. The number of phenolic OH excluding ortho intramolecular Hbond substituents is 1. The highest BCUT2D eigenvalue weighted by Gasteiger charge is 2.79. The van der Waals surface area contributed by atoms with Gasteiger partial charge in [0.15, 0.2) is 34.9 Å². The van der Waals surface area contributed by atoms with Crippen LogP contribution in [0.2, 0.25) is 0 Å². The highest BCUT2D eigenvalue weighted by atomic mass is 19.1. The molecule has 2 saturated carbocycles. The number of carboxylic acids is 1. The minimum Gasteiger partial charge on any atom is -0.505 e. The number of nitrogens with one attached hydrogen (secondary N) is 2. The largest absolute Gasteiger partial charge is 0.505 e. The number of aromatic carboxylic acids is 1. The number of alkyl carbamates (subject to hydrolysis) is 1. The summed E-state index contributed by atoms with van der Waals surface area (Å²) in [5.74, 6) is -13.7. The molecule has 9 atom stereocenters. The van der Waals surface area contributed by atoms with Crippen LogP contribution in [0, 0.1) is 28.4 Å². The van der Waals surface area contributed by atoms with E-state index in [-0.39, 0.29) is 61.3 Å². The Morgan fingerprint density at radius 3 is 2.07 bits per heavy atom. The lowest BCUT2D eigenvalue weighted by Gasteiger charge is -2.67. The van der Waals surface area contributed by atoms with Crippen molar-refractivity contribution in [1.82, 2.24) is 10.6 Å². The Balaban J connectivity index is 1.00. The minimum atomic E-state index is -2.55. The first kappa shape index (κ1) is 60.4. The molecule has 2 heterocycles. The molecule has 0 aromatic heterocycles. The third kappa shape index (κ3) is 10.5. The lowest BCUT2D eigenvalue weighted by molar-refractivity contribution is -0.346. The number of carbonyl (C=O) groups excluding carboxylic acids is 8. The molecule has 3 fully saturated rings. The van der Waals surface area contributed by atoms with E-state index in [1.54, 1.807) is 24.3 Å². The van der Waals surface area contributed by atoms with Crippen molar-refractivity contribution in [2.45, 2.75) is 103 Å². The maximum Gasteiger partial charge on any atom is 0.414 e. The van der Waals surface area contributed by atoms with E-state index in [2.05, 4.69) is 10.6 Å². The Hall–Kier alpha value is -9.68. The summed E-state index contributed by atoms with van der Waals surface area (Å²) >= 11 is 0. The van der Waals surface area contributed by atoms with Crippen LogP contribution in [-0.4, -0.2) is 124 Å². The lowest BCUT2D eigenvalue weighted by Crippen LogP contribution is -2.82. The number of rotatable bonds is 13. The number of aromatic hydroxyl groups is 1. The van der Waals surface area contributed by atoms with Gasteiger partial charge >= 0.3 is 35.9 Å². The Bertz CT molecular complexity index is 3960. The van der Waals surface area contributed by atoms with Gasteiger partial charge in [0, 0.05) is 78.4 Å². The smallest absolute Gasteiger partial charge is 0.414 e. The molecule has 3 amide bonds. The summed E-state index contributed by atoms with van der Waals surface area (Å²) in [6.07, 6.45) is -11.5. The topological polar surface area (TPSA) is 324 Å². The normalized spacial score (nSPS) is 25.2. The summed E-state index contributed by atoms with van der Waals surface area (Å²) in [5.41, 5.74) is -11.2. The van der Waals surface area contributed by atoms with Crippen LogP contribution in [0.5, 0.6) is 5.75 Å². The number of carboxylic acid groups (broad SMARTS) is 1. The van der Waals surface area contributed by atoms with Gasteiger partial charge < -0.3 is 53.5 Å². The molecule has 22 nitrogen and oxygen atoms in total. The number of carbonyl (C=O) groups is 9. The summed E-state index contributed by atoms with van der Waals surface area (Å²) in [6, 6.07) is 21.8. The molecular formula is C63H56F2N2O20. The van der Waals surface area contributed by atoms with Gasteiger partial charge in [-0.2, -0.15) is 0 Å². The van der Waals surface area contributed by atoms with Gasteiger partial charge in [-0.25, -0.2) is 23.2 Å². The second-order valence-corrected chi connectivity index (χ2v) is 22.6. The van der Waals surface area contributed by atoms with Gasteiger partial charge in [-0.05, 0) is 79.1 Å². The Labute approximate surface area is 492 Å². The highest BCUT2D eigenvalue weighted by molar-refractivity contribution is 6.09. The molecule has 10 rings (SSSR count). The number of benzene rings is 5. The van der Waals surface area contributed by atoms with Gasteiger partial charge in [-0.1, -0.05) is 56.3 Å². The van der Waals surface area contributed by atoms with Crippen LogP contribution in [-0.2, 0) is 47.6 Å². The number of Topliss-reactive ketones (excluding diaryl/α,β-unsaturated/α-hetero) is 1. The Morgan fingerprint density at radius 1 is 0.759 bits per heavy atom. The molecule has 4 aromatic carbocycles. The monoisotopic (exact) mass is 1200 g/mol. The van der Waals surface area contributed by atoms with Crippen LogP contribution in [0.3, 0.4) is 0 Å². The number of phenols is 1. The zero-order valence-electron chi connectivity index (χ0n) is 47.4. The first-order valence-corrected chi connectivity index (χ1v) is 27.3. The molecule has 1 saturated heterocycles. The van der Waals surface area contributed by atoms with Crippen molar-refractivity contribution in [2.24, 2.45) is 16.7 Å². The zero-order chi connectivity index (χ0) is 62.8. The van der Waals surface area contributed by atoms with E-state index in [9.17, 15) is 67.3 Å². The SMILES string of the molecule is CC(=O)O[C@H]1C(=O)[C@@]2(C)C(C(OC(=O)c3ccccc3)[C@]3(O)C[C@H](OC(=O)NC(=O)c4ccccc4)C(C)=C1C3(C)C)[C@]1(OC(C)=O)CO[C@@H]1C[C@@H]2OC(=O)CCNC(=O)c1ccc(-c2c3cc(F)c(=O)cc-3oc3cc(O)c(F)cc23)c(C(=O)O)c1. The van der Waals surface area contributed by atoms with Crippen molar-refractivity contribution in [3.63, 3.8) is 0 Å². The van der Waals surface area contributed by atoms with Crippen LogP contribution in [0.1, 0.15) is 102 Å². The molecule has 87 heavy (non-hydrogen) atoms. The molecule has 0 spiro atoms. The molecule has 4 aromatic rings. The van der Waals surface area contributed by atoms with E-state index < -0.39 is 173 Å². The number of hydrogen-bond donors (Lipinski definition) is 5. The van der Waals surface area contributed by atoms with Crippen molar-refractivity contribution in [1.29, 1.82) is 0 Å². The van der Waals surface area contributed by atoms with Gasteiger partial charge in [0.2, 0.25) is 5.43 Å². The first-order valence-electron chi connectivity index (χ1n) is 27.3. The Kier molecular flexibility index (Phi) is 15.7. The second-order valence-electron chi connectivity index (χ2n) is 22.6. The van der Waals surface area contributed by atoms with Gasteiger partial charge in [0.05, 0.1) is 35.5 Å². The molecule has 2 bridgehead atoms. The van der Waals surface area contributed by atoms with E-state index >= 15 is 4.79 Å². The van der Waals surface area contributed by atoms with Gasteiger partial charge in [0.1, 0.15) is 41.4 Å². The fourth-order valence-electron chi connectivity index (χ4n) is 12.9. The average Bonchev–Trinajstić information content (AvgIpc) is 0.683. The predicted octanol–water partition coefficient (Wildman–Crippen LogP) is 7.16. The number of ketones is 1. The molecular weight excluding hydrogens is 1140 g/mol. The third-order valence-corrected chi connectivity index (χ3v) is 17.2. The summed E-state index contributed by atoms with van der Waals surface area (Å²) in [6.45, 7) is 6.86. The number of imide groups is 1. The van der Waals surface area contributed by atoms with Crippen molar-refractivity contribution in [2.75, 3.05) is 13.2 Å². The van der Waals surface area contributed by atoms with Crippen LogP contribution >= 0.6 is 0 Å². The van der Waals surface area contributed by atoms with Crippen molar-refractivity contribution >= 4 is 64.5 Å². The van der Waals surface area contributed by atoms with Gasteiger partial charge in [-0.15, -0.1) is 0 Å². The molecule has 24 heteroatoms. The molecule has 2 aliphatic heterocycles. The lowest BCUT2D eigenvalue weighted by atomic mass is 9.44. The second kappa shape index (κ2) is 22.6. The fraction of sp³-hybridized carbons (Fsp3) is 0.333. The molecule has 0 radical (unpaired) electrons. The molecule has 6 aliphatic rings. The fourth-order valence-corrected chi connectivity index (χ4v) is 12.9. The number of halogens is 2. The standard InChI is InChI=1S/C63H56F2N2O20/c1-29-45(84-59(79)67-56(75)32-13-9-7-10-14-32)27-63(80)54(86-58(78)33-15-11-8-12-16-33)52-61(6,53(73)51(82-30(2)68)50(29)60(63,4)5)46(26-47-62(52,28-81-47)87-31(3)69)85-48(72)19-20-66-55(74)34-17-18-35(36(21-34)57(76)77)49-37-22-39(64)41(70)24-43(37)83-44-25-42(71)40(65)23-38(44)49/h7-18,21-25,45-47,51-52,54,70,80H,19-20,26-28H2,1-6H3,(H,66,74)(H,76,77)(H,67,75,79)/t45-,46-,47+,51+,52?,54?,61+,62-,63+/m0/s1. The quantitative estimate of drug-likeness (QED) is 0.0331. The summed E-state index contributed by atoms with van der Waals surface area (Å²) < 4.78 is 72.3. The summed E-state index contributed by atoms with van der Waals surface area (Å²) in [7, 11) is 0. The van der Waals surface area contributed by atoms with Crippen LogP contribution in [0.15, 0.2) is 123 Å². The van der Waals surface area contributed by atoms with E-state index in [0.717, 1.165) is 44.2 Å². The van der Waals surface area contributed by atoms with E-state index in [0.29, 0.717) is 0 Å². The molecule has 5 N–H and O–H groups in total. The molecule has 452 valence electrons. The minimum absolute atomic E-state index is 0.0371. The number of fused-ring (bicyclic) bond motifs is 7. The molecule has 4 aliphatic carbocycles. The first-order chi connectivity index (χ1) is 41.1. The third-order valence-electron chi connectivity index (χ3n) is 17.2. The number of ether oxygens (including phenoxy) is 6. The van der Waals surface area contributed by atoms with Gasteiger partial charge in [-0.3, -0.25) is 38.9 Å². The van der Waals surface area contributed by atoms with Crippen LogP contribution < -0.4 is 16.1 Å². The summed E-state index contributed by atoms with van der Waals surface area (Å²) in [5, 5.41) is 39.1. The summed E-state index contributed by atoms with van der Waals surface area (Å²) in [4.78, 5) is 138. The van der Waals surface area contributed by atoms with E-state index in [1.165, 1.54) is 76.2 Å². The van der Waals surface area contributed by atoms with Crippen molar-refractivity contribution in [3.05, 3.63) is 158 Å². The highest BCUT2D eigenvalue weighted by Crippen LogP contribution is 2.65. The molecule has 2 unspecified atom stereocenters. The van der Waals surface area contributed by atoms with E-state index in [4.69, 9.17) is 32.8 Å². The van der Waals surface area contributed by atoms with E-state index in [1.807, 2.05) is 0 Å². The number of hydrogen-bond acceptors (Lipinski definition) is 19. The van der Waals surface area contributed by atoms with Crippen LogP contribution in [0.25, 0.3) is 33.4 Å². The predicted molar refractivity (Wildman–Crippen MR) is 297 cm³/mol. The van der Waals surface area contributed by atoms with Crippen LogP contribution in [0.4, 0.5) is 13.6 Å². The number of amides is 3. The van der Waals surface area contributed by atoms with Gasteiger partial charge in [0.25, 0.3) is 11.8 Å². The zero-order valence-corrected chi connectivity index (χ0v) is 47.4. The van der Waals surface area contributed by atoms with Crippen molar-refractivity contribution < 1.29 is 100 Å².